The summed E-state index contributed by atoms with van der Waals surface area (Å²) in [5.74, 6) is -0.454. The second-order valence-electron chi connectivity index (χ2n) is 7.64. The van der Waals surface area contributed by atoms with Gasteiger partial charge in [0.1, 0.15) is 0 Å². The van der Waals surface area contributed by atoms with Gasteiger partial charge in [0.05, 0.1) is 10.6 Å². The number of nitrogens with zero attached hydrogens (tertiary/aromatic N) is 2. The van der Waals surface area contributed by atoms with Crippen LogP contribution in [-0.2, 0) is 14.6 Å². The average molecular weight is 464 g/mol. The summed E-state index contributed by atoms with van der Waals surface area (Å²) in [7, 11) is -3.51. The van der Waals surface area contributed by atoms with E-state index in [2.05, 4.69) is 5.32 Å². The molecule has 0 radical (unpaired) electrons. The third kappa shape index (κ3) is 5.98. The van der Waals surface area contributed by atoms with E-state index in [4.69, 9.17) is 11.6 Å². The molecule has 166 valence electrons. The normalized spacial score (nSPS) is 14.4. The molecule has 1 aliphatic heterocycles. The quantitative estimate of drug-likeness (QED) is 0.735. The second kappa shape index (κ2) is 9.70. The minimum atomic E-state index is -3.51. The van der Waals surface area contributed by atoms with Crippen molar-refractivity contribution in [2.45, 2.75) is 25.2 Å². The Morgan fingerprint density at radius 3 is 2.19 bits per heavy atom. The van der Waals surface area contributed by atoms with Crippen LogP contribution in [-0.4, -0.2) is 62.1 Å². The minimum absolute atomic E-state index is 0.0791. The van der Waals surface area contributed by atoms with Crippen molar-refractivity contribution in [1.82, 2.24) is 9.80 Å². The third-order valence-electron chi connectivity index (χ3n) is 5.31. The van der Waals surface area contributed by atoms with E-state index in [9.17, 15) is 18.0 Å². The third-order valence-corrected chi connectivity index (χ3v) is 7.45. The molecule has 31 heavy (non-hydrogen) atoms. The van der Waals surface area contributed by atoms with Crippen LogP contribution in [0.2, 0.25) is 5.02 Å². The van der Waals surface area contributed by atoms with E-state index in [0.29, 0.717) is 36.9 Å². The number of benzene rings is 2. The molecule has 0 aliphatic carbocycles. The Balaban J connectivity index is 1.48. The summed E-state index contributed by atoms with van der Waals surface area (Å²) in [6, 6.07) is 11.7. The Bertz CT molecular complexity index is 1060. The van der Waals surface area contributed by atoms with Gasteiger partial charge in [-0.1, -0.05) is 35.4 Å². The summed E-state index contributed by atoms with van der Waals surface area (Å²) in [6.45, 7) is 5.26. The van der Waals surface area contributed by atoms with Crippen LogP contribution >= 0.6 is 11.6 Å². The van der Waals surface area contributed by atoms with E-state index in [1.54, 1.807) is 46.2 Å². The highest BCUT2D eigenvalue weighted by Crippen LogP contribution is 2.20. The minimum Gasteiger partial charge on any atom is -0.339 e. The first-order chi connectivity index (χ1) is 14.7. The maximum Gasteiger partial charge on any atom is 0.321 e. The zero-order valence-corrected chi connectivity index (χ0v) is 19.2. The van der Waals surface area contributed by atoms with E-state index < -0.39 is 9.84 Å². The SMILES string of the molecule is Cc1ccc(S(=O)(=O)CCC(=O)N2CCN(C(=O)Nc3ccc(C)c(Cl)c3)CC2)cc1. The van der Waals surface area contributed by atoms with Gasteiger partial charge in [-0.3, -0.25) is 4.79 Å². The number of amides is 3. The highest BCUT2D eigenvalue weighted by Gasteiger charge is 2.25. The van der Waals surface area contributed by atoms with Crippen molar-refractivity contribution in [2.75, 3.05) is 37.2 Å². The van der Waals surface area contributed by atoms with Crippen LogP contribution < -0.4 is 5.32 Å². The molecule has 2 aromatic rings. The zero-order valence-electron chi connectivity index (χ0n) is 17.6. The number of hydrogen-bond acceptors (Lipinski definition) is 4. The summed E-state index contributed by atoms with van der Waals surface area (Å²) < 4.78 is 24.9. The first-order valence-electron chi connectivity index (χ1n) is 10.0. The van der Waals surface area contributed by atoms with Crippen LogP contribution in [0.3, 0.4) is 0 Å². The van der Waals surface area contributed by atoms with Gasteiger partial charge in [-0.05, 0) is 43.7 Å². The second-order valence-corrected chi connectivity index (χ2v) is 10.2. The van der Waals surface area contributed by atoms with Crippen molar-refractivity contribution >= 4 is 39.1 Å². The maximum absolute atomic E-state index is 12.5. The largest absolute Gasteiger partial charge is 0.339 e. The molecule has 7 nitrogen and oxygen atoms in total. The van der Waals surface area contributed by atoms with Crippen molar-refractivity contribution in [2.24, 2.45) is 0 Å². The summed E-state index contributed by atoms with van der Waals surface area (Å²) in [6.07, 6.45) is -0.0791. The molecule has 3 amide bonds. The lowest BCUT2D eigenvalue weighted by molar-refractivity contribution is -0.132. The number of urea groups is 1. The Hall–Kier alpha value is -2.58. The first-order valence-corrected chi connectivity index (χ1v) is 12.1. The van der Waals surface area contributed by atoms with Crippen LogP contribution in [0.5, 0.6) is 0 Å². The number of anilines is 1. The fourth-order valence-electron chi connectivity index (χ4n) is 3.28. The van der Waals surface area contributed by atoms with Gasteiger partial charge in [0.15, 0.2) is 9.84 Å². The Morgan fingerprint density at radius 2 is 1.58 bits per heavy atom. The Morgan fingerprint density at radius 1 is 0.968 bits per heavy atom. The maximum atomic E-state index is 12.5. The van der Waals surface area contributed by atoms with E-state index in [1.165, 1.54) is 0 Å². The van der Waals surface area contributed by atoms with Crippen molar-refractivity contribution in [3.05, 3.63) is 58.6 Å². The number of sulfone groups is 1. The number of carbonyl (C=O) groups excluding carboxylic acids is 2. The summed E-state index contributed by atoms with van der Waals surface area (Å²) >= 11 is 6.09. The van der Waals surface area contributed by atoms with Crippen LogP contribution in [0.25, 0.3) is 0 Å². The van der Waals surface area contributed by atoms with Crippen LogP contribution in [0, 0.1) is 13.8 Å². The van der Waals surface area contributed by atoms with Gasteiger partial charge in [-0.25, -0.2) is 13.2 Å². The number of nitrogens with one attached hydrogen (secondary N) is 1. The van der Waals surface area contributed by atoms with Crippen molar-refractivity contribution in [3.8, 4) is 0 Å². The molecule has 9 heteroatoms. The zero-order chi connectivity index (χ0) is 22.6. The molecule has 0 atom stereocenters. The predicted molar refractivity (Wildman–Crippen MR) is 121 cm³/mol. The number of rotatable bonds is 5. The van der Waals surface area contributed by atoms with Crippen molar-refractivity contribution < 1.29 is 18.0 Å². The fraction of sp³-hybridized carbons (Fsp3) is 0.364. The summed E-state index contributed by atoms with van der Waals surface area (Å²) in [5.41, 5.74) is 2.51. The Kier molecular flexibility index (Phi) is 7.23. The smallest absolute Gasteiger partial charge is 0.321 e. The van der Waals surface area contributed by atoms with E-state index in [-0.39, 0.29) is 29.0 Å². The highest BCUT2D eigenvalue weighted by molar-refractivity contribution is 7.91. The van der Waals surface area contributed by atoms with Crippen molar-refractivity contribution in [3.63, 3.8) is 0 Å². The molecule has 0 bridgehead atoms. The van der Waals surface area contributed by atoms with Gasteiger partial charge in [0, 0.05) is 43.3 Å². The average Bonchev–Trinajstić information content (AvgIpc) is 2.75. The van der Waals surface area contributed by atoms with Gasteiger partial charge >= 0.3 is 6.03 Å². The number of piperazine rings is 1. The molecule has 1 fully saturated rings. The van der Waals surface area contributed by atoms with Gasteiger partial charge in [-0.2, -0.15) is 0 Å². The van der Waals surface area contributed by atoms with Gasteiger partial charge in [-0.15, -0.1) is 0 Å². The molecular formula is C22H26ClN3O4S. The molecule has 1 heterocycles. The molecular weight excluding hydrogens is 438 g/mol. The fourth-order valence-corrected chi connectivity index (χ4v) is 4.69. The summed E-state index contributed by atoms with van der Waals surface area (Å²) in [4.78, 5) is 28.4. The lowest BCUT2D eigenvalue weighted by Gasteiger charge is -2.34. The highest BCUT2D eigenvalue weighted by atomic mass is 35.5. The molecule has 1 aliphatic rings. The molecule has 2 aromatic carbocycles. The molecule has 0 saturated carbocycles. The molecule has 0 unspecified atom stereocenters. The molecule has 1 saturated heterocycles. The monoisotopic (exact) mass is 463 g/mol. The molecule has 1 N–H and O–H groups in total. The van der Waals surface area contributed by atoms with Crippen LogP contribution in [0.1, 0.15) is 17.5 Å². The van der Waals surface area contributed by atoms with E-state index in [0.717, 1.165) is 11.1 Å². The molecule has 0 aromatic heterocycles. The number of hydrogen-bond donors (Lipinski definition) is 1. The summed E-state index contributed by atoms with van der Waals surface area (Å²) in [5, 5.41) is 3.39. The van der Waals surface area contributed by atoms with Gasteiger partial charge in [0.25, 0.3) is 0 Å². The topological polar surface area (TPSA) is 86.8 Å². The molecule has 3 rings (SSSR count). The van der Waals surface area contributed by atoms with E-state index in [1.807, 2.05) is 19.9 Å². The van der Waals surface area contributed by atoms with E-state index >= 15 is 0 Å². The number of carbonyl (C=O) groups is 2. The number of aryl methyl sites for hydroxylation is 2. The molecule has 0 spiro atoms. The van der Waals surface area contributed by atoms with Gasteiger partial charge in [0.2, 0.25) is 5.91 Å². The van der Waals surface area contributed by atoms with Gasteiger partial charge < -0.3 is 15.1 Å². The number of halogens is 1. The standard InChI is InChI=1S/C22H26ClN3O4S/c1-16-3-7-19(8-4-16)31(29,30)14-9-21(27)25-10-12-26(13-11-25)22(28)24-18-6-5-17(2)20(23)15-18/h3-8,15H,9-14H2,1-2H3,(H,24,28). The van der Waals surface area contributed by atoms with Crippen LogP contribution in [0.15, 0.2) is 47.4 Å². The lowest BCUT2D eigenvalue weighted by atomic mass is 10.2. The lowest BCUT2D eigenvalue weighted by Crippen LogP contribution is -2.51. The predicted octanol–water partition coefficient (Wildman–Crippen LogP) is 3.50. The van der Waals surface area contributed by atoms with Crippen molar-refractivity contribution in [1.29, 1.82) is 0 Å². The Labute approximate surface area is 187 Å². The van der Waals surface area contributed by atoms with Crippen LogP contribution in [0.4, 0.5) is 10.5 Å². The first kappa shape index (κ1) is 23.1.